The van der Waals surface area contributed by atoms with E-state index in [0.717, 1.165) is 18.4 Å². The molecule has 0 radical (unpaired) electrons. The van der Waals surface area contributed by atoms with Gasteiger partial charge in [-0.15, -0.1) is 0 Å². The molecule has 2 rings (SSSR count). The molecule has 0 unspecified atom stereocenters. The summed E-state index contributed by atoms with van der Waals surface area (Å²) in [6.45, 7) is 2.38. The maximum absolute atomic E-state index is 8.92. The molecule has 18 heavy (non-hydrogen) atoms. The van der Waals surface area contributed by atoms with E-state index in [2.05, 4.69) is 17.1 Å². The third kappa shape index (κ3) is 3.30. The number of nitrogens with zero attached hydrogens (tertiary/aromatic N) is 2. The fraction of sp³-hybridized carbons (Fsp3) is 0.385. The van der Waals surface area contributed by atoms with Gasteiger partial charge in [0.25, 0.3) is 0 Å². The van der Waals surface area contributed by atoms with Gasteiger partial charge in [0.05, 0.1) is 6.61 Å². The molecule has 2 aromatic rings. The van der Waals surface area contributed by atoms with Crippen molar-refractivity contribution in [3.05, 3.63) is 41.5 Å². The second-order valence-electron chi connectivity index (χ2n) is 3.95. The zero-order valence-electron chi connectivity index (χ0n) is 10.3. The average Bonchev–Trinajstić information content (AvgIpc) is 2.85. The van der Waals surface area contributed by atoms with Crippen molar-refractivity contribution in [1.82, 2.24) is 10.1 Å². The van der Waals surface area contributed by atoms with Crippen LogP contribution in [0.25, 0.3) is 0 Å². The highest BCUT2D eigenvalue weighted by Gasteiger charge is 2.05. The molecule has 1 aromatic heterocycles. The topological polar surface area (TPSA) is 68.4 Å². The molecule has 1 N–H and O–H groups in total. The minimum absolute atomic E-state index is 0.0332. The number of hydrogen-bond donors (Lipinski definition) is 1. The van der Waals surface area contributed by atoms with E-state index in [-0.39, 0.29) is 13.2 Å². The molecule has 0 aliphatic carbocycles. The SMILES string of the molecule is CCCc1nc(COc2ccc(CO)cc2)no1. The summed E-state index contributed by atoms with van der Waals surface area (Å²) in [5.74, 6) is 1.91. The molecule has 0 saturated carbocycles. The quantitative estimate of drug-likeness (QED) is 0.847. The van der Waals surface area contributed by atoms with Gasteiger partial charge in [-0.3, -0.25) is 0 Å². The predicted molar refractivity (Wildman–Crippen MR) is 65.0 cm³/mol. The van der Waals surface area contributed by atoms with E-state index in [1.54, 1.807) is 12.1 Å². The first-order valence-corrected chi connectivity index (χ1v) is 5.96. The second-order valence-corrected chi connectivity index (χ2v) is 3.95. The lowest BCUT2D eigenvalue weighted by Gasteiger charge is -2.03. The van der Waals surface area contributed by atoms with Crippen molar-refractivity contribution < 1.29 is 14.4 Å². The minimum Gasteiger partial charge on any atom is -0.485 e. The smallest absolute Gasteiger partial charge is 0.226 e. The lowest BCUT2D eigenvalue weighted by atomic mass is 10.2. The molecule has 0 aliphatic heterocycles. The Morgan fingerprint density at radius 3 is 2.72 bits per heavy atom. The van der Waals surface area contributed by atoms with Gasteiger partial charge in [-0.1, -0.05) is 24.2 Å². The third-order valence-electron chi connectivity index (χ3n) is 2.45. The van der Waals surface area contributed by atoms with E-state index in [4.69, 9.17) is 14.4 Å². The lowest BCUT2D eigenvalue weighted by Crippen LogP contribution is -1.98. The van der Waals surface area contributed by atoms with Crippen LogP contribution in [0.5, 0.6) is 5.75 Å². The third-order valence-corrected chi connectivity index (χ3v) is 2.45. The fourth-order valence-corrected chi connectivity index (χ4v) is 1.50. The van der Waals surface area contributed by atoms with Crippen LogP contribution in [0.2, 0.25) is 0 Å². The fourth-order valence-electron chi connectivity index (χ4n) is 1.50. The zero-order valence-corrected chi connectivity index (χ0v) is 10.3. The van der Waals surface area contributed by atoms with Crippen LogP contribution < -0.4 is 4.74 Å². The largest absolute Gasteiger partial charge is 0.485 e. The Balaban J connectivity index is 1.89. The molecule has 0 atom stereocenters. The average molecular weight is 248 g/mol. The van der Waals surface area contributed by atoms with Gasteiger partial charge >= 0.3 is 0 Å². The van der Waals surface area contributed by atoms with Gasteiger partial charge < -0.3 is 14.4 Å². The molecule has 5 nitrogen and oxygen atoms in total. The summed E-state index contributed by atoms with van der Waals surface area (Å²) in [6, 6.07) is 7.24. The second kappa shape index (κ2) is 6.16. The number of benzene rings is 1. The summed E-state index contributed by atoms with van der Waals surface area (Å²) in [7, 11) is 0. The number of aromatic nitrogens is 2. The van der Waals surface area contributed by atoms with Crippen LogP contribution in [-0.4, -0.2) is 15.2 Å². The van der Waals surface area contributed by atoms with Crippen LogP contribution >= 0.6 is 0 Å². The highest BCUT2D eigenvalue weighted by atomic mass is 16.5. The molecular formula is C13H16N2O3. The van der Waals surface area contributed by atoms with Crippen LogP contribution in [0.1, 0.15) is 30.6 Å². The molecule has 5 heteroatoms. The molecule has 96 valence electrons. The standard InChI is InChI=1S/C13H16N2O3/c1-2-3-13-14-12(15-18-13)9-17-11-6-4-10(8-16)5-7-11/h4-7,16H,2-3,8-9H2,1H3. The number of aliphatic hydroxyl groups excluding tert-OH is 1. The Hall–Kier alpha value is -1.88. The maximum atomic E-state index is 8.92. The Bertz CT molecular complexity index is 479. The zero-order chi connectivity index (χ0) is 12.8. The van der Waals surface area contributed by atoms with Gasteiger partial charge in [0.15, 0.2) is 6.61 Å². The Labute approximate surface area is 105 Å². The summed E-state index contributed by atoms with van der Waals surface area (Å²) >= 11 is 0. The van der Waals surface area contributed by atoms with Crippen molar-refractivity contribution in [2.75, 3.05) is 0 Å². The molecule has 0 aliphatic rings. The highest BCUT2D eigenvalue weighted by Crippen LogP contribution is 2.13. The van der Waals surface area contributed by atoms with Crippen LogP contribution in [0.15, 0.2) is 28.8 Å². The molecule has 0 spiro atoms. The van der Waals surface area contributed by atoms with E-state index in [9.17, 15) is 0 Å². The van der Waals surface area contributed by atoms with Crippen LogP contribution in [-0.2, 0) is 19.6 Å². The first kappa shape index (κ1) is 12.6. The van der Waals surface area contributed by atoms with E-state index in [0.29, 0.717) is 17.5 Å². The number of aliphatic hydroxyl groups is 1. The minimum atomic E-state index is 0.0332. The predicted octanol–water partition coefficient (Wildman–Crippen LogP) is 2.09. The molecule has 1 heterocycles. The van der Waals surface area contributed by atoms with Gasteiger partial charge in [-0.25, -0.2) is 0 Å². The summed E-state index contributed by atoms with van der Waals surface area (Å²) in [5.41, 5.74) is 0.854. The molecule has 0 fully saturated rings. The number of rotatable bonds is 6. The van der Waals surface area contributed by atoms with E-state index >= 15 is 0 Å². The van der Waals surface area contributed by atoms with Gasteiger partial charge in [0, 0.05) is 6.42 Å². The van der Waals surface area contributed by atoms with Crippen LogP contribution in [0.3, 0.4) is 0 Å². The highest BCUT2D eigenvalue weighted by molar-refractivity contribution is 5.26. The molecule has 0 amide bonds. The Morgan fingerprint density at radius 1 is 1.28 bits per heavy atom. The maximum Gasteiger partial charge on any atom is 0.226 e. The van der Waals surface area contributed by atoms with Crippen molar-refractivity contribution in [3.8, 4) is 5.75 Å². The van der Waals surface area contributed by atoms with Crippen molar-refractivity contribution >= 4 is 0 Å². The number of aryl methyl sites for hydroxylation is 1. The van der Waals surface area contributed by atoms with Crippen molar-refractivity contribution in [2.24, 2.45) is 0 Å². The van der Waals surface area contributed by atoms with Crippen LogP contribution in [0, 0.1) is 0 Å². The molecule has 1 aromatic carbocycles. The Morgan fingerprint density at radius 2 is 2.06 bits per heavy atom. The van der Waals surface area contributed by atoms with Crippen molar-refractivity contribution in [2.45, 2.75) is 33.0 Å². The lowest BCUT2D eigenvalue weighted by molar-refractivity contribution is 0.278. The molecule has 0 saturated heterocycles. The van der Waals surface area contributed by atoms with Crippen molar-refractivity contribution in [1.29, 1.82) is 0 Å². The van der Waals surface area contributed by atoms with E-state index in [1.165, 1.54) is 0 Å². The summed E-state index contributed by atoms with van der Waals surface area (Å²) < 4.78 is 10.6. The first-order valence-electron chi connectivity index (χ1n) is 5.96. The normalized spacial score (nSPS) is 10.6. The van der Waals surface area contributed by atoms with Gasteiger partial charge in [0.2, 0.25) is 11.7 Å². The first-order chi connectivity index (χ1) is 8.81. The van der Waals surface area contributed by atoms with Gasteiger partial charge in [-0.2, -0.15) is 4.98 Å². The number of hydrogen-bond acceptors (Lipinski definition) is 5. The van der Waals surface area contributed by atoms with E-state index in [1.807, 2.05) is 12.1 Å². The van der Waals surface area contributed by atoms with Gasteiger partial charge in [-0.05, 0) is 24.1 Å². The Kier molecular flexibility index (Phi) is 4.30. The van der Waals surface area contributed by atoms with Crippen LogP contribution in [0.4, 0.5) is 0 Å². The molecular weight excluding hydrogens is 232 g/mol. The van der Waals surface area contributed by atoms with Gasteiger partial charge in [0.1, 0.15) is 5.75 Å². The van der Waals surface area contributed by atoms with Crippen molar-refractivity contribution in [3.63, 3.8) is 0 Å². The number of ether oxygens (including phenoxy) is 1. The summed E-state index contributed by atoms with van der Waals surface area (Å²) in [5, 5.41) is 12.7. The summed E-state index contributed by atoms with van der Waals surface area (Å²) in [4.78, 5) is 4.21. The summed E-state index contributed by atoms with van der Waals surface area (Å²) in [6.07, 6.45) is 1.77. The molecule has 0 bridgehead atoms. The monoisotopic (exact) mass is 248 g/mol. The van der Waals surface area contributed by atoms with E-state index < -0.39 is 0 Å².